The summed E-state index contributed by atoms with van der Waals surface area (Å²) in [5, 5.41) is 11.0. The standard InChI is InChI=1S/C12H18NO6P/c1-4-18-20(16,5-2)19-9-10-6-7-11(17-3)8-12(10)13(14)15/h6-8H,4-5,9H2,1-3H3. The van der Waals surface area contributed by atoms with E-state index in [-0.39, 0.29) is 25.1 Å². The highest BCUT2D eigenvalue weighted by Gasteiger charge is 2.23. The van der Waals surface area contributed by atoms with Crippen LogP contribution in [0.2, 0.25) is 0 Å². The molecule has 20 heavy (non-hydrogen) atoms. The number of nitro groups is 1. The summed E-state index contributed by atoms with van der Waals surface area (Å²) in [5.41, 5.74) is 0.188. The Morgan fingerprint density at radius 1 is 1.30 bits per heavy atom. The molecule has 8 heteroatoms. The SMILES string of the molecule is CCOP(=O)(CC)OCc1ccc(OC)cc1[N+](=O)[O-]. The molecule has 0 N–H and O–H groups in total. The van der Waals surface area contributed by atoms with Crippen molar-refractivity contribution in [1.82, 2.24) is 0 Å². The van der Waals surface area contributed by atoms with Gasteiger partial charge < -0.3 is 13.8 Å². The lowest BCUT2D eigenvalue weighted by atomic mass is 10.2. The Balaban J connectivity index is 2.92. The first-order valence-corrected chi connectivity index (χ1v) is 7.88. The van der Waals surface area contributed by atoms with Gasteiger partial charge in [0.2, 0.25) is 0 Å². The Morgan fingerprint density at radius 2 is 2.00 bits per heavy atom. The second kappa shape index (κ2) is 7.38. The van der Waals surface area contributed by atoms with Gasteiger partial charge >= 0.3 is 7.60 Å². The molecule has 1 aromatic carbocycles. The zero-order chi connectivity index (χ0) is 15.2. The van der Waals surface area contributed by atoms with Crippen LogP contribution in [0.25, 0.3) is 0 Å². The highest BCUT2D eigenvalue weighted by atomic mass is 31.2. The van der Waals surface area contributed by atoms with E-state index in [1.165, 1.54) is 19.2 Å². The summed E-state index contributed by atoms with van der Waals surface area (Å²) in [6.45, 7) is 3.50. The molecule has 112 valence electrons. The summed E-state index contributed by atoms with van der Waals surface area (Å²) in [4.78, 5) is 10.5. The van der Waals surface area contributed by atoms with Crippen molar-refractivity contribution in [3.8, 4) is 5.75 Å². The zero-order valence-electron chi connectivity index (χ0n) is 11.7. The van der Waals surface area contributed by atoms with Crippen molar-refractivity contribution in [3.63, 3.8) is 0 Å². The minimum absolute atomic E-state index is 0.136. The van der Waals surface area contributed by atoms with Crippen LogP contribution in [0.1, 0.15) is 19.4 Å². The number of ether oxygens (including phenoxy) is 1. The second-order valence-electron chi connectivity index (χ2n) is 3.87. The Hall–Kier alpha value is -1.43. The lowest BCUT2D eigenvalue weighted by molar-refractivity contribution is -0.385. The normalized spacial score (nSPS) is 13.8. The number of rotatable bonds is 8. The molecule has 0 saturated carbocycles. The van der Waals surface area contributed by atoms with Gasteiger partial charge in [0.1, 0.15) is 5.75 Å². The molecule has 0 radical (unpaired) electrons. The minimum Gasteiger partial charge on any atom is -0.497 e. The average Bonchev–Trinajstić information content (AvgIpc) is 2.45. The summed E-state index contributed by atoms with van der Waals surface area (Å²) >= 11 is 0. The molecule has 0 fully saturated rings. The molecule has 1 aromatic rings. The van der Waals surface area contributed by atoms with Crippen molar-refractivity contribution < 1.29 is 23.3 Å². The van der Waals surface area contributed by atoms with E-state index in [0.29, 0.717) is 11.3 Å². The van der Waals surface area contributed by atoms with Crippen LogP contribution in [0.5, 0.6) is 5.75 Å². The molecular weight excluding hydrogens is 285 g/mol. The van der Waals surface area contributed by atoms with E-state index >= 15 is 0 Å². The maximum atomic E-state index is 12.1. The lowest BCUT2D eigenvalue weighted by Gasteiger charge is -2.16. The van der Waals surface area contributed by atoms with Crippen LogP contribution in [0.3, 0.4) is 0 Å². The molecule has 0 saturated heterocycles. The predicted molar refractivity (Wildman–Crippen MR) is 74.2 cm³/mol. The number of benzene rings is 1. The van der Waals surface area contributed by atoms with Gasteiger partial charge in [-0.15, -0.1) is 0 Å². The fourth-order valence-corrected chi connectivity index (χ4v) is 2.72. The van der Waals surface area contributed by atoms with Crippen molar-refractivity contribution >= 4 is 13.3 Å². The number of nitrogens with zero attached hydrogens (tertiary/aromatic N) is 1. The lowest BCUT2D eigenvalue weighted by Crippen LogP contribution is -2.02. The average molecular weight is 303 g/mol. The highest BCUT2D eigenvalue weighted by Crippen LogP contribution is 2.48. The third kappa shape index (κ3) is 4.30. The molecule has 1 rings (SSSR count). The van der Waals surface area contributed by atoms with Crippen molar-refractivity contribution in [3.05, 3.63) is 33.9 Å². The molecule has 0 amide bonds. The Morgan fingerprint density at radius 3 is 2.50 bits per heavy atom. The molecule has 0 bridgehead atoms. The van der Waals surface area contributed by atoms with Gasteiger partial charge in [-0.1, -0.05) is 6.92 Å². The number of nitro benzene ring substituents is 1. The summed E-state index contributed by atoms with van der Waals surface area (Å²) in [6.07, 6.45) is 0.213. The van der Waals surface area contributed by atoms with E-state index in [2.05, 4.69) is 0 Å². The van der Waals surface area contributed by atoms with Crippen LogP contribution >= 0.6 is 7.60 Å². The maximum Gasteiger partial charge on any atom is 0.330 e. The molecule has 1 atom stereocenters. The van der Waals surface area contributed by atoms with E-state index in [4.69, 9.17) is 13.8 Å². The fraction of sp³-hybridized carbons (Fsp3) is 0.500. The Labute approximate surface area is 117 Å². The smallest absolute Gasteiger partial charge is 0.330 e. The van der Waals surface area contributed by atoms with Gasteiger partial charge in [0.15, 0.2) is 0 Å². The number of hydrogen-bond acceptors (Lipinski definition) is 6. The Kier molecular flexibility index (Phi) is 6.13. The molecule has 0 aliphatic rings. The van der Waals surface area contributed by atoms with E-state index in [1.54, 1.807) is 19.9 Å². The van der Waals surface area contributed by atoms with Crippen LogP contribution < -0.4 is 4.74 Å². The molecule has 7 nitrogen and oxygen atoms in total. The molecule has 1 unspecified atom stereocenters. The van der Waals surface area contributed by atoms with Crippen LogP contribution in [0.4, 0.5) is 5.69 Å². The first-order valence-electron chi connectivity index (χ1n) is 6.15. The molecular formula is C12H18NO6P. The van der Waals surface area contributed by atoms with Gasteiger partial charge in [-0.2, -0.15) is 0 Å². The van der Waals surface area contributed by atoms with Crippen molar-refractivity contribution in [1.29, 1.82) is 0 Å². The first kappa shape index (κ1) is 16.6. The topological polar surface area (TPSA) is 87.9 Å². The van der Waals surface area contributed by atoms with E-state index < -0.39 is 12.5 Å². The number of hydrogen-bond donors (Lipinski definition) is 0. The van der Waals surface area contributed by atoms with Gasteiger partial charge in [0.25, 0.3) is 5.69 Å². The van der Waals surface area contributed by atoms with Crippen LogP contribution in [-0.2, 0) is 20.2 Å². The molecule has 0 aromatic heterocycles. The fourth-order valence-electron chi connectivity index (χ4n) is 1.55. The Bertz CT molecular complexity index is 519. The maximum absolute atomic E-state index is 12.1. The van der Waals surface area contributed by atoms with Gasteiger partial charge in [-0.25, -0.2) is 0 Å². The number of methoxy groups -OCH3 is 1. The van der Waals surface area contributed by atoms with Crippen molar-refractivity contribution in [2.24, 2.45) is 0 Å². The van der Waals surface area contributed by atoms with E-state index in [0.717, 1.165) is 0 Å². The summed E-state index contributed by atoms with van der Waals surface area (Å²) in [7, 11) is -1.76. The third-order valence-electron chi connectivity index (χ3n) is 2.62. The van der Waals surface area contributed by atoms with Crippen LogP contribution in [0.15, 0.2) is 18.2 Å². The molecule has 0 heterocycles. The summed E-state index contributed by atoms with van der Waals surface area (Å²) in [6, 6.07) is 4.41. The van der Waals surface area contributed by atoms with E-state index in [9.17, 15) is 14.7 Å². The summed E-state index contributed by atoms with van der Waals surface area (Å²) in [5.74, 6) is 0.379. The quantitative estimate of drug-likeness (QED) is 0.415. The second-order valence-corrected chi connectivity index (χ2v) is 6.24. The van der Waals surface area contributed by atoms with Gasteiger partial charge in [-0.05, 0) is 19.1 Å². The summed E-state index contributed by atoms with van der Waals surface area (Å²) < 4.78 is 27.4. The van der Waals surface area contributed by atoms with E-state index in [1.807, 2.05) is 0 Å². The molecule has 0 aliphatic carbocycles. The molecule has 0 aliphatic heterocycles. The van der Waals surface area contributed by atoms with Crippen molar-refractivity contribution in [2.75, 3.05) is 19.9 Å². The minimum atomic E-state index is -3.19. The van der Waals surface area contributed by atoms with Gasteiger partial charge in [0, 0.05) is 6.16 Å². The monoisotopic (exact) mass is 303 g/mol. The zero-order valence-corrected chi connectivity index (χ0v) is 12.6. The van der Waals surface area contributed by atoms with Crippen LogP contribution in [0, 0.1) is 10.1 Å². The molecule has 0 spiro atoms. The predicted octanol–water partition coefficient (Wildman–Crippen LogP) is 3.37. The largest absolute Gasteiger partial charge is 0.497 e. The van der Waals surface area contributed by atoms with Gasteiger partial charge in [0.05, 0.1) is 36.9 Å². The first-order chi connectivity index (χ1) is 9.45. The van der Waals surface area contributed by atoms with Crippen LogP contribution in [-0.4, -0.2) is 24.8 Å². The highest BCUT2D eigenvalue weighted by molar-refractivity contribution is 7.53. The van der Waals surface area contributed by atoms with Gasteiger partial charge in [-0.3, -0.25) is 14.7 Å². The van der Waals surface area contributed by atoms with Crippen molar-refractivity contribution in [2.45, 2.75) is 20.5 Å². The third-order valence-corrected chi connectivity index (χ3v) is 4.57.